The van der Waals surface area contributed by atoms with E-state index in [1.54, 1.807) is 6.07 Å². The normalized spacial score (nSPS) is 17.5. The maximum atomic E-state index is 11.1. The van der Waals surface area contributed by atoms with Crippen LogP contribution in [0.15, 0.2) is 24.5 Å². The Morgan fingerprint density at radius 1 is 1.02 bits per heavy atom. The molecule has 3 N–H and O–H groups in total. The molecule has 0 amide bonds. The number of aromatic amines is 1. The number of benzene rings is 1. The summed E-state index contributed by atoms with van der Waals surface area (Å²) in [4.78, 5) is 27.5. The van der Waals surface area contributed by atoms with Crippen molar-refractivity contribution in [2.45, 2.75) is 58.2 Å². The van der Waals surface area contributed by atoms with Crippen molar-refractivity contribution in [1.29, 1.82) is 0 Å². The van der Waals surface area contributed by atoms with Crippen molar-refractivity contribution in [3.05, 3.63) is 30.2 Å². The van der Waals surface area contributed by atoms with Crippen LogP contribution in [0.2, 0.25) is 0 Å². The molecule has 246 valence electrons. The van der Waals surface area contributed by atoms with Gasteiger partial charge in [0.1, 0.15) is 29.7 Å². The summed E-state index contributed by atoms with van der Waals surface area (Å²) in [6.07, 6.45) is 4.09. The molecule has 2 aliphatic heterocycles. The number of likely N-dealkylation sites (N-methyl/N-ethyl adjacent to an activating group) is 1. The van der Waals surface area contributed by atoms with Crippen molar-refractivity contribution < 1.29 is 24.1 Å². The standard InChI is InChI=1S/C32H48N8O5/c1-32(2,3)44-17-15-40-9-6-24(7-10-40)45-27-21-25(43-16-5-8-39-13-11-38(4)12-14-39)20-26-30(27)31(34-22-33-26)35-28-18-23(36-37-28)19-29(41)42/h18,20-22,24H,5-17,19H2,1-4H3,(H,41,42)(H2,33,34,35,36,37). The van der Waals surface area contributed by atoms with E-state index in [2.05, 4.69) is 68.0 Å². The Morgan fingerprint density at radius 3 is 2.51 bits per heavy atom. The lowest BCUT2D eigenvalue weighted by molar-refractivity contribution is -0.136. The number of fused-ring (bicyclic) bond motifs is 1. The second-order valence-electron chi connectivity index (χ2n) is 13.0. The average molecular weight is 625 g/mol. The molecule has 0 bridgehead atoms. The van der Waals surface area contributed by atoms with Crippen LogP contribution in [0.5, 0.6) is 11.5 Å². The smallest absolute Gasteiger partial charge is 0.309 e. The molecule has 2 aromatic heterocycles. The van der Waals surface area contributed by atoms with Crippen LogP contribution in [-0.2, 0) is 16.0 Å². The largest absolute Gasteiger partial charge is 0.493 e. The van der Waals surface area contributed by atoms with Gasteiger partial charge in [-0.15, -0.1) is 0 Å². The number of piperidine rings is 1. The van der Waals surface area contributed by atoms with E-state index in [4.69, 9.17) is 19.3 Å². The molecule has 0 radical (unpaired) electrons. The van der Waals surface area contributed by atoms with Crippen LogP contribution >= 0.6 is 0 Å². The average Bonchev–Trinajstić information content (AvgIpc) is 3.42. The first-order valence-corrected chi connectivity index (χ1v) is 16.0. The highest BCUT2D eigenvalue weighted by molar-refractivity contribution is 5.96. The fraction of sp³-hybridized carbons (Fsp3) is 0.625. The van der Waals surface area contributed by atoms with Crippen molar-refractivity contribution in [2.24, 2.45) is 0 Å². The molecule has 0 unspecified atom stereocenters. The summed E-state index contributed by atoms with van der Waals surface area (Å²) in [6, 6.07) is 5.53. The summed E-state index contributed by atoms with van der Waals surface area (Å²) in [7, 11) is 2.17. The number of aromatic nitrogens is 4. The fourth-order valence-corrected chi connectivity index (χ4v) is 5.66. The Kier molecular flexibility index (Phi) is 11.1. The third-order valence-electron chi connectivity index (χ3n) is 8.15. The summed E-state index contributed by atoms with van der Waals surface area (Å²) in [5.41, 5.74) is 1.05. The van der Waals surface area contributed by atoms with Crippen molar-refractivity contribution in [3.63, 3.8) is 0 Å². The molecular weight excluding hydrogens is 576 g/mol. The summed E-state index contributed by atoms with van der Waals surface area (Å²) >= 11 is 0. The molecule has 0 aliphatic carbocycles. The SMILES string of the molecule is CN1CCN(CCCOc2cc(OC3CCN(CCOC(C)(C)C)CC3)c3c(Nc4cc(CC(=O)O)[nH]n4)ncnc3c2)CC1. The lowest BCUT2D eigenvalue weighted by atomic mass is 10.1. The van der Waals surface area contributed by atoms with Crippen LogP contribution in [0.4, 0.5) is 11.6 Å². The van der Waals surface area contributed by atoms with Crippen molar-refractivity contribution >= 4 is 28.5 Å². The van der Waals surface area contributed by atoms with Gasteiger partial charge >= 0.3 is 5.97 Å². The minimum Gasteiger partial charge on any atom is -0.493 e. The number of nitrogens with one attached hydrogen (secondary N) is 2. The second-order valence-corrected chi connectivity index (χ2v) is 13.0. The Balaban J connectivity index is 1.29. The molecule has 2 fully saturated rings. The molecule has 0 spiro atoms. The lowest BCUT2D eigenvalue weighted by Crippen LogP contribution is -2.44. The molecule has 4 heterocycles. The third-order valence-corrected chi connectivity index (χ3v) is 8.15. The van der Waals surface area contributed by atoms with E-state index in [1.165, 1.54) is 6.33 Å². The zero-order valence-electron chi connectivity index (χ0n) is 27.0. The van der Waals surface area contributed by atoms with Crippen molar-refractivity contribution in [2.75, 3.05) is 77.9 Å². The van der Waals surface area contributed by atoms with Crippen LogP contribution in [0.3, 0.4) is 0 Å². The van der Waals surface area contributed by atoms with Gasteiger partial charge < -0.3 is 39.3 Å². The number of hydrogen-bond acceptors (Lipinski definition) is 11. The number of ether oxygens (including phenoxy) is 3. The van der Waals surface area contributed by atoms with Crippen LogP contribution in [0.1, 0.15) is 45.7 Å². The van der Waals surface area contributed by atoms with Gasteiger partial charge in [0.2, 0.25) is 0 Å². The van der Waals surface area contributed by atoms with E-state index in [-0.39, 0.29) is 18.1 Å². The number of nitrogens with zero attached hydrogens (tertiary/aromatic N) is 6. The molecule has 1 aromatic carbocycles. The second kappa shape index (κ2) is 15.2. The van der Waals surface area contributed by atoms with E-state index >= 15 is 0 Å². The Bertz CT molecular complexity index is 1390. The monoisotopic (exact) mass is 624 g/mol. The van der Waals surface area contributed by atoms with Gasteiger partial charge in [-0.1, -0.05) is 0 Å². The summed E-state index contributed by atoms with van der Waals surface area (Å²) in [5, 5.41) is 20.1. The number of rotatable bonds is 14. The predicted molar refractivity (Wildman–Crippen MR) is 173 cm³/mol. The third kappa shape index (κ3) is 9.98. The van der Waals surface area contributed by atoms with Gasteiger partial charge in [0, 0.05) is 76.3 Å². The molecule has 2 aliphatic rings. The number of piperazine rings is 1. The minimum absolute atomic E-state index is 0.0288. The van der Waals surface area contributed by atoms with E-state index < -0.39 is 5.97 Å². The first-order valence-electron chi connectivity index (χ1n) is 16.0. The lowest BCUT2D eigenvalue weighted by Gasteiger charge is -2.33. The zero-order chi connectivity index (χ0) is 31.8. The van der Waals surface area contributed by atoms with Crippen molar-refractivity contribution in [3.8, 4) is 11.5 Å². The van der Waals surface area contributed by atoms with Gasteiger partial charge in [-0.2, -0.15) is 5.10 Å². The first-order chi connectivity index (χ1) is 21.6. The number of carboxylic acid groups (broad SMARTS) is 1. The van der Waals surface area contributed by atoms with Crippen molar-refractivity contribution in [1.82, 2.24) is 34.9 Å². The van der Waals surface area contributed by atoms with Gasteiger partial charge in [-0.3, -0.25) is 9.89 Å². The van der Waals surface area contributed by atoms with E-state index in [1.807, 2.05) is 12.1 Å². The fourth-order valence-electron chi connectivity index (χ4n) is 5.66. The summed E-state index contributed by atoms with van der Waals surface area (Å²) in [6.45, 7) is 15.7. The Hall–Kier alpha value is -3.52. The molecule has 13 heteroatoms. The number of likely N-dealkylation sites (tertiary alicyclic amines) is 1. The highest BCUT2D eigenvalue weighted by Crippen LogP contribution is 2.37. The number of H-pyrrole nitrogens is 1. The molecule has 5 rings (SSSR count). The van der Waals surface area contributed by atoms with Crippen LogP contribution < -0.4 is 14.8 Å². The van der Waals surface area contributed by atoms with Gasteiger partial charge in [-0.05, 0) is 47.1 Å². The number of hydrogen-bond donors (Lipinski definition) is 3. The van der Waals surface area contributed by atoms with Crippen LogP contribution in [-0.4, -0.2) is 130 Å². The van der Waals surface area contributed by atoms with Crippen LogP contribution in [0.25, 0.3) is 10.9 Å². The van der Waals surface area contributed by atoms with Gasteiger partial charge in [0.25, 0.3) is 0 Å². The number of carboxylic acids is 1. The van der Waals surface area contributed by atoms with Gasteiger partial charge in [0.15, 0.2) is 5.82 Å². The number of anilines is 2. The molecule has 0 atom stereocenters. The molecular formula is C32H48N8O5. The molecule has 2 saturated heterocycles. The first kappa shape index (κ1) is 32.9. The molecule has 0 saturated carbocycles. The Labute approximate surface area is 265 Å². The molecule has 3 aromatic rings. The van der Waals surface area contributed by atoms with E-state index in [0.29, 0.717) is 47.6 Å². The maximum absolute atomic E-state index is 11.1. The predicted octanol–water partition coefficient (Wildman–Crippen LogP) is 3.40. The topological polar surface area (TPSA) is 141 Å². The quantitative estimate of drug-likeness (QED) is 0.226. The minimum atomic E-state index is -0.933. The maximum Gasteiger partial charge on any atom is 0.309 e. The number of aliphatic carboxylic acids is 1. The zero-order valence-corrected chi connectivity index (χ0v) is 27.0. The van der Waals surface area contributed by atoms with Gasteiger partial charge in [0.05, 0.1) is 36.1 Å². The van der Waals surface area contributed by atoms with E-state index in [0.717, 1.165) is 77.0 Å². The van der Waals surface area contributed by atoms with Gasteiger partial charge in [-0.25, -0.2) is 9.97 Å². The molecule has 13 nitrogen and oxygen atoms in total. The number of carbonyl (C=O) groups is 1. The highest BCUT2D eigenvalue weighted by atomic mass is 16.5. The highest BCUT2D eigenvalue weighted by Gasteiger charge is 2.24. The Morgan fingerprint density at radius 2 is 1.78 bits per heavy atom. The van der Waals surface area contributed by atoms with E-state index in [9.17, 15) is 4.79 Å². The molecule has 45 heavy (non-hydrogen) atoms. The van der Waals surface area contributed by atoms with Crippen LogP contribution in [0, 0.1) is 0 Å². The summed E-state index contributed by atoms with van der Waals surface area (Å²) in [5.74, 6) is 1.42. The summed E-state index contributed by atoms with van der Waals surface area (Å²) < 4.78 is 18.9.